The van der Waals surface area contributed by atoms with Crippen LogP contribution in [0.5, 0.6) is 11.5 Å². The zero-order valence-corrected chi connectivity index (χ0v) is 28.7. The van der Waals surface area contributed by atoms with Gasteiger partial charge in [0.25, 0.3) is 0 Å². The molecule has 0 unspecified atom stereocenters. The molecule has 0 saturated heterocycles. The lowest BCUT2D eigenvalue weighted by Gasteiger charge is -2.23. The van der Waals surface area contributed by atoms with Crippen LogP contribution in [0.2, 0.25) is 0 Å². The number of hydrogen-bond acceptors (Lipinski definition) is 7. The topological polar surface area (TPSA) is 91.5 Å². The molecule has 6 aromatic heterocycles. The molecule has 52 heavy (non-hydrogen) atoms. The van der Waals surface area contributed by atoms with E-state index in [-0.39, 0.29) is 5.41 Å². The van der Waals surface area contributed by atoms with E-state index in [4.69, 9.17) is 23.6 Å². The van der Waals surface area contributed by atoms with Gasteiger partial charge in [-0.25, -0.2) is 9.97 Å². The van der Waals surface area contributed by atoms with Crippen molar-refractivity contribution in [2.45, 2.75) is 26.2 Å². The van der Waals surface area contributed by atoms with E-state index >= 15 is 0 Å². The Morgan fingerprint density at radius 2 is 1.42 bits per heavy atom. The van der Waals surface area contributed by atoms with Gasteiger partial charge < -0.3 is 13.7 Å². The Hall–Kier alpha value is -6.80. The number of hydrogen-bond donors (Lipinski definition) is 0. The standard InChI is InChI=1S/C44H31N5O3/c1-44(2,3)35-14-6-4-11-30(35)26-19-27(36-15-8-9-17-45-36)21-28(20-26)50-29-22-33-31-13-10-18-46-43(31)51-41(33)34(23-29)37-24-39-38(25-47-37)48-42-32-12-5-7-16-40(32)52-49(39)42/h4-25H,1-3H3. The number of furan rings is 1. The van der Waals surface area contributed by atoms with Gasteiger partial charge in [0, 0.05) is 34.3 Å². The SMILES string of the molecule is CC(C)(C)c1ccccc1-c1cc(Oc2cc(-c3cc4c(cn3)nc3c5ccccc5on43)c3oc4ncccc4c3c2)cc(-c2ccccn2)c1. The van der Waals surface area contributed by atoms with E-state index in [9.17, 15) is 0 Å². The van der Waals surface area contributed by atoms with Crippen LogP contribution in [0, 0.1) is 0 Å². The summed E-state index contributed by atoms with van der Waals surface area (Å²) in [7, 11) is 0. The second-order valence-corrected chi connectivity index (χ2v) is 14.0. The van der Waals surface area contributed by atoms with Crippen molar-refractivity contribution in [1.29, 1.82) is 0 Å². The maximum Gasteiger partial charge on any atom is 0.227 e. The van der Waals surface area contributed by atoms with E-state index < -0.39 is 0 Å². The molecule has 250 valence electrons. The number of imidazole rings is 1. The van der Waals surface area contributed by atoms with Crippen LogP contribution in [0.3, 0.4) is 0 Å². The second kappa shape index (κ2) is 11.4. The van der Waals surface area contributed by atoms with Gasteiger partial charge in [0.1, 0.15) is 28.1 Å². The van der Waals surface area contributed by atoms with Gasteiger partial charge in [-0.2, -0.15) is 4.57 Å². The molecule has 10 aromatic rings. The predicted octanol–water partition coefficient (Wildman–Crippen LogP) is 11.4. The fraction of sp³-hybridized carbons (Fsp3) is 0.0909. The van der Waals surface area contributed by atoms with Crippen molar-refractivity contribution in [2.24, 2.45) is 0 Å². The zero-order valence-electron chi connectivity index (χ0n) is 28.7. The third kappa shape index (κ3) is 4.91. The molecular weight excluding hydrogens is 647 g/mol. The van der Waals surface area contributed by atoms with Crippen molar-refractivity contribution in [3.63, 3.8) is 0 Å². The highest BCUT2D eigenvalue weighted by atomic mass is 16.5. The molecule has 0 fully saturated rings. The van der Waals surface area contributed by atoms with Crippen molar-refractivity contribution >= 4 is 49.7 Å². The molecule has 0 aliphatic heterocycles. The van der Waals surface area contributed by atoms with Gasteiger partial charge in [0.05, 0.1) is 23.0 Å². The monoisotopic (exact) mass is 677 g/mol. The van der Waals surface area contributed by atoms with E-state index in [0.717, 1.165) is 66.4 Å². The first-order chi connectivity index (χ1) is 25.4. The summed E-state index contributed by atoms with van der Waals surface area (Å²) in [5.41, 5.74) is 10.9. The molecule has 6 heterocycles. The molecule has 0 saturated carbocycles. The lowest BCUT2D eigenvalue weighted by Crippen LogP contribution is -2.12. The summed E-state index contributed by atoms with van der Waals surface area (Å²) < 4.78 is 21.2. The fourth-order valence-corrected chi connectivity index (χ4v) is 7.15. The predicted molar refractivity (Wildman–Crippen MR) is 205 cm³/mol. The molecule has 0 radical (unpaired) electrons. The largest absolute Gasteiger partial charge is 0.457 e. The van der Waals surface area contributed by atoms with Gasteiger partial charge in [-0.1, -0.05) is 63.2 Å². The van der Waals surface area contributed by atoms with Gasteiger partial charge in [-0.15, -0.1) is 0 Å². The Balaban J connectivity index is 1.16. The Morgan fingerprint density at radius 3 is 2.31 bits per heavy atom. The molecule has 8 nitrogen and oxygen atoms in total. The van der Waals surface area contributed by atoms with E-state index in [0.29, 0.717) is 28.5 Å². The molecule has 0 N–H and O–H groups in total. The smallest absolute Gasteiger partial charge is 0.227 e. The first-order valence-corrected chi connectivity index (χ1v) is 17.2. The number of rotatable bonds is 5. The van der Waals surface area contributed by atoms with Crippen LogP contribution in [-0.4, -0.2) is 24.5 Å². The number of pyridine rings is 3. The summed E-state index contributed by atoms with van der Waals surface area (Å²) in [5.74, 6) is 1.31. The number of benzene rings is 4. The lowest BCUT2D eigenvalue weighted by atomic mass is 9.81. The van der Waals surface area contributed by atoms with Gasteiger partial charge >= 0.3 is 0 Å². The average Bonchev–Trinajstić information content (AvgIpc) is 3.84. The van der Waals surface area contributed by atoms with Gasteiger partial charge in [0.2, 0.25) is 5.71 Å². The third-order valence-corrected chi connectivity index (χ3v) is 9.56. The van der Waals surface area contributed by atoms with Crippen LogP contribution in [0.1, 0.15) is 26.3 Å². The molecular formula is C44H31N5O3. The van der Waals surface area contributed by atoms with Crippen LogP contribution in [0.4, 0.5) is 0 Å². The van der Waals surface area contributed by atoms with E-state index in [2.05, 4.69) is 67.1 Å². The highest BCUT2D eigenvalue weighted by Crippen LogP contribution is 2.42. The van der Waals surface area contributed by atoms with E-state index in [1.54, 1.807) is 17.0 Å². The molecule has 0 atom stereocenters. The van der Waals surface area contributed by atoms with Crippen LogP contribution in [0.15, 0.2) is 143 Å². The van der Waals surface area contributed by atoms with Gasteiger partial charge in [0.15, 0.2) is 11.2 Å². The summed E-state index contributed by atoms with van der Waals surface area (Å²) in [6.45, 7) is 6.71. The third-order valence-electron chi connectivity index (χ3n) is 9.56. The molecule has 0 bridgehead atoms. The summed E-state index contributed by atoms with van der Waals surface area (Å²) in [4.78, 5) is 18.9. The number of para-hydroxylation sites is 1. The van der Waals surface area contributed by atoms with E-state index in [1.807, 2.05) is 85.1 Å². The minimum atomic E-state index is -0.0630. The molecule has 10 rings (SSSR count). The highest BCUT2D eigenvalue weighted by Gasteiger charge is 2.22. The van der Waals surface area contributed by atoms with Crippen LogP contribution in [-0.2, 0) is 5.41 Å². The Morgan fingerprint density at radius 1 is 0.635 bits per heavy atom. The molecule has 0 aliphatic rings. The maximum absolute atomic E-state index is 6.85. The molecule has 0 spiro atoms. The maximum atomic E-state index is 6.85. The van der Waals surface area contributed by atoms with Crippen molar-refractivity contribution < 1.29 is 13.7 Å². The van der Waals surface area contributed by atoms with Crippen molar-refractivity contribution in [1.82, 2.24) is 24.5 Å². The molecule has 0 aliphatic carbocycles. The van der Waals surface area contributed by atoms with Crippen molar-refractivity contribution in [3.05, 3.63) is 139 Å². The lowest BCUT2D eigenvalue weighted by molar-refractivity contribution is 0.423. The second-order valence-electron chi connectivity index (χ2n) is 14.0. The van der Waals surface area contributed by atoms with Gasteiger partial charge in [-0.3, -0.25) is 9.97 Å². The minimum absolute atomic E-state index is 0.0630. The Kier molecular flexibility index (Phi) is 6.57. The van der Waals surface area contributed by atoms with Crippen LogP contribution >= 0.6 is 0 Å². The summed E-state index contributed by atoms with van der Waals surface area (Å²) in [5, 5.41) is 2.70. The molecule has 0 amide bonds. The molecule has 4 aromatic carbocycles. The fourth-order valence-electron chi connectivity index (χ4n) is 7.15. The number of nitrogens with zero attached hydrogens (tertiary/aromatic N) is 5. The Labute approximate surface area is 297 Å². The van der Waals surface area contributed by atoms with Crippen molar-refractivity contribution in [3.8, 4) is 45.1 Å². The van der Waals surface area contributed by atoms with Crippen LogP contribution in [0.25, 0.3) is 83.4 Å². The van der Waals surface area contributed by atoms with Gasteiger partial charge in [-0.05, 0) is 94.9 Å². The zero-order chi connectivity index (χ0) is 35.0. The summed E-state index contributed by atoms with van der Waals surface area (Å²) in [6, 6.07) is 38.6. The summed E-state index contributed by atoms with van der Waals surface area (Å²) in [6.07, 6.45) is 5.32. The quantitative estimate of drug-likeness (QED) is 0.179. The number of ether oxygens (including phenoxy) is 1. The first-order valence-electron chi connectivity index (χ1n) is 17.2. The number of aromatic nitrogens is 5. The van der Waals surface area contributed by atoms with Crippen molar-refractivity contribution in [2.75, 3.05) is 0 Å². The highest BCUT2D eigenvalue weighted by molar-refractivity contribution is 6.09. The minimum Gasteiger partial charge on any atom is -0.457 e. The average molecular weight is 678 g/mol. The first kappa shape index (κ1) is 30.1. The number of fused-ring (bicyclic) bond motifs is 8. The molecule has 8 heteroatoms. The Bertz CT molecular complexity index is 2990. The van der Waals surface area contributed by atoms with Crippen LogP contribution < -0.4 is 4.74 Å². The van der Waals surface area contributed by atoms with E-state index in [1.165, 1.54) is 5.56 Å². The summed E-state index contributed by atoms with van der Waals surface area (Å²) >= 11 is 0. The normalized spacial score (nSPS) is 12.1.